The number of halogens is 2. The van der Waals surface area contributed by atoms with Crippen molar-refractivity contribution in [3.8, 4) is 0 Å². The van der Waals surface area contributed by atoms with E-state index in [0.717, 1.165) is 34.1 Å². The second kappa shape index (κ2) is 9.74. The Hall–Kier alpha value is -4.71. The van der Waals surface area contributed by atoms with Crippen LogP contribution in [-0.4, -0.2) is 33.2 Å². The van der Waals surface area contributed by atoms with E-state index < -0.39 is 26.4 Å². The molecule has 0 saturated carbocycles. The van der Waals surface area contributed by atoms with Crippen molar-refractivity contribution in [1.29, 1.82) is 0 Å². The van der Waals surface area contributed by atoms with Gasteiger partial charge in [-0.25, -0.2) is 22.2 Å². The van der Waals surface area contributed by atoms with Crippen LogP contribution >= 0.6 is 0 Å². The largest absolute Gasteiger partial charge is 0.324 e. The Kier molecular flexibility index (Phi) is 6.32. The van der Waals surface area contributed by atoms with Crippen molar-refractivity contribution in [2.75, 3.05) is 10.6 Å². The standard InChI is InChI=1S/C25H19F2N7O2S/c1-34-11-8-23(33-34)31-24-17(9-12-37(35,36)22-7-4-18(26)14-20(22)27)15-29-25(32-24)30-19-5-6-21-16(13-19)3-2-10-28-21/h2-15H,1H3,(H2,29,30,31,32,33). The van der Waals surface area contributed by atoms with Crippen molar-refractivity contribution >= 4 is 50.1 Å². The summed E-state index contributed by atoms with van der Waals surface area (Å²) in [6.45, 7) is 0. The summed E-state index contributed by atoms with van der Waals surface area (Å²) in [7, 11) is -2.47. The number of anilines is 4. The lowest BCUT2D eigenvalue weighted by molar-refractivity contribution is 0.552. The van der Waals surface area contributed by atoms with E-state index in [1.165, 1.54) is 12.3 Å². The highest BCUT2D eigenvalue weighted by Crippen LogP contribution is 2.25. The zero-order chi connectivity index (χ0) is 26.0. The van der Waals surface area contributed by atoms with Crippen LogP contribution in [0.4, 0.5) is 32.1 Å². The van der Waals surface area contributed by atoms with Crippen LogP contribution in [-0.2, 0) is 16.9 Å². The molecule has 0 aliphatic carbocycles. The molecular weight excluding hydrogens is 500 g/mol. The fourth-order valence-electron chi connectivity index (χ4n) is 3.50. The van der Waals surface area contributed by atoms with Crippen LogP contribution in [0.3, 0.4) is 0 Å². The Morgan fingerprint density at radius 1 is 1.00 bits per heavy atom. The number of rotatable bonds is 7. The number of pyridine rings is 1. The van der Waals surface area contributed by atoms with E-state index in [0.29, 0.717) is 17.4 Å². The van der Waals surface area contributed by atoms with Gasteiger partial charge in [-0.3, -0.25) is 9.67 Å². The highest BCUT2D eigenvalue weighted by atomic mass is 32.2. The predicted octanol–water partition coefficient (Wildman–Crippen LogP) is 4.97. The fraction of sp³-hybridized carbons (Fsp3) is 0.0400. The highest BCUT2D eigenvalue weighted by Gasteiger charge is 2.17. The van der Waals surface area contributed by atoms with Crippen molar-refractivity contribution in [3.63, 3.8) is 0 Å². The molecule has 0 fully saturated rings. The van der Waals surface area contributed by atoms with E-state index in [1.807, 2.05) is 30.3 Å². The normalized spacial score (nSPS) is 11.8. The maximum absolute atomic E-state index is 14.1. The van der Waals surface area contributed by atoms with Gasteiger partial charge in [-0.05, 0) is 42.5 Å². The molecule has 0 spiro atoms. The number of hydrogen-bond acceptors (Lipinski definition) is 8. The topological polar surface area (TPSA) is 115 Å². The molecule has 37 heavy (non-hydrogen) atoms. The maximum atomic E-state index is 14.1. The predicted molar refractivity (Wildman–Crippen MR) is 136 cm³/mol. The molecule has 2 aromatic carbocycles. The zero-order valence-electron chi connectivity index (χ0n) is 19.3. The lowest BCUT2D eigenvalue weighted by Crippen LogP contribution is -2.04. The fourth-order valence-corrected chi connectivity index (χ4v) is 4.56. The van der Waals surface area contributed by atoms with Crippen LogP contribution in [0, 0.1) is 11.6 Å². The van der Waals surface area contributed by atoms with Gasteiger partial charge in [0, 0.05) is 59.8 Å². The number of nitrogens with zero attached hydrogens (tertiary/aromatic N) is 5. The van der Waals surface area contributed by atoms with E-state index >= 15 is 0 Å². The quantitative estimate of drug-likeness (QED) is 0.290. The summed E-state index contributed by atoms with van der Waals surface area (Å²) in [6.07, 6.45) is 6.08. The number of aryl methyl sites for hydroxylation is 1. The molecule has 5 aromatic rings. The van der Waals surface area contributed by atoms with Crippen molar-refractivity contribution in [1.82, 2.24) is 24.7 Å². The SMILES string of the molecule is Cn1ccc(Nc2nc(Nc3ccc4ncccc4c3)ncc2C=CS(=O)(=O)c2ccc(F)cc2F)n1. The molecule has 5 rings (SSSR count). The van der Waals surface area contributed by atoms with E-state index in [9.17, 15) is 17.2 Å². The molecular formula is C25H19F2N7O2S. The summed E-state index contributed by atoms with van der Waals surface area (Å²) in [5.41, 5.74) is 1.86. The summed E-state index contributed by atoms with van der Waals surface area (Å²) in [6, 6.07) is 13.3. The molecule has 2 N–H and O–H groups in total. The minimum Gasteiger partial charge on any atom is -0.324 e. The smallest absolute Gasteiger partial charge is 0.229 e. The second-order valence-corrected chi connectivity index (χ2v) is 9.76. The van der Waals surface area contributed by atoms with E-state index in [1.54, 1.807) is 30.2 Å². The molecule has 0 aliphatic rings. The Balaban J connectivity index is 1.48. The van der Waals surface area contributed by atoms with Crippen molar-refractivity contribution in [2.24, 2.45) is 7.05 Å². The van der Waals surface area contributed by atoms with Crippen LogP contribution in [0.2, 0.25) is 0 Å². The molecule has 9 nitrogen and oxygen atoms in total. The molecule has 12 heteroatoms. The molecule has 0 saturated heterocycles. The van der Waals surface area contributed by atoms with Crippen LogP contribution in [0.25, 0.3) is 17.0 Å². The Labute approximate surface area is 210 Å². The average molecular weight is 520 g/mol. The first-order valence-corrected chi connectivity index (χ1v) is 12.5. The maximum Gasteiger partial charge on any atom is 0.229 e. The molecule has 0 unspecified atom stereocenters. The summed E-state index contributed by atoms with van der Waals surface area (Å²) in [4.78, 5) is 12.4. The molecule has 0 radical (unpaired) electrons. The van der Waals surface area contributed by atoms with Gasteiger partial charge in [0.25, 0.3) is 0 Å². The molecule has 0 atom stereocenters. The Bertz CT molecular complexity index is 1750. The number of fused-ring (bicyclic) bond motifs is 1. The van der Waals surface area contributed by atoms with Crippen molar-refractivity contribution in [3.05, 3.63) is 95.8 Å². The number of hydrogen-bond donors (Lipinski definition) is 2. The van der Waals surface area contributed by atoms with E-state index in [4.69, 9.17) is 0 Å². The van der Waals surface area contributed by atoms with Crippen LogP contribution < -0.4 is 10.6 Å². The lowest BCUT2D eigenvalue weighted by Gasteiger charge is -2.11. The lowest BCUT2D eigenvalue weighted by atomic mass is 10.2. The molecule has 0 amide bonds. The average Bonchev–Trinajstić information content (AvgIpc) is 3.27. The van der Waals surface area contributed by atoms with Gasteiger partial charge in [-0.1, -0.05) is 6.07 Å². The third kappa shape index (κ3) is 5.43. The molecule has 0 aliphatic heterocycles. The van der Waals surface area contributed by atoms with Gasteiger partial charge in [-0.15, -0.1) is 0 Å². The van der Waals surface area contributed by atoms with Gasteiger partial charge in [-0.2, -0.15) is 10.1 Å². The monoisotopic (exact) mass is 519 g/mol. The first kappa shape index (κ1) is 24.0. The van der Waals surface area contributed by atoms with Crippen molar-refractivity contribution < 1.29 is 17.2 Å². The third-order valence-electron chi connectivity index (χ3n) is 5.26. The van der Waals surface area contributed by atoms with Gasteiger partial charge in [0.15, 0.2) is 5.82 Å². The molecule has 3 aromatic heterocycles. The van der Waals surface area contributed by atoms with Gasteiger partial charge < -0.3 is 10.6 Å². The second-order valence-electron chi connectivity index (χ2n) is 7.96. The summed E-state index contributed by atoms with van der Waals surface area (Å²) in [5.74, 6) is -1.10. The molecule has 3 heterocycles. The zero-order valence-corrected chi connectivity index (χ0v) is 20.1. The number of aromatic nitrogens is 5. The number of benzene rings is 2. The Morgan fingerprint density at radius 3 is 2.65 bits per heavy atom. The highest BCUT2D eigenvalue weighted by molar-refractivity contribution is 7.94. The first-order valence-electron chi connectivity index (χ1n) is 10.9. The first-order chi connectivity index (χ1) is 17.8. The minimum atomic E-state index is -4.22. The van der Waals surface area contributed by atoms with Gasteiger partial charge in [0.05, 0.1) is 5.52 Å². The summed E-state index contributed by atoms with van der Waals surface area (Å²) < 4.78 is 54.3. The van der Waals surface area contributed by atoms with Gasteiger partial charge >= 0.3 is 0 Å². The molecule has 186 valence electrons. The van der Waals surface area contributed by atoms with E-state index in [-0.39, 0.29) is 11.8 Å². The van der Waals surface area contributed by atoms with Crippen LogP contribution in [0.1, 0.15) is 5.56 Å². The van der Waals surface area contributed by atoms with Gasteiger partial charge in [0.2, 0.25) is 15.8 Å². The third-order valence-corrected chi connectivity index (χ3v) is 6.70. The summed E-state index contributed by atoms with van der Waals surface area (Å²) >= 11 is 0. The number of nitrogens with one attached hydrogen (secondary N) is 2. The van der Waals surface area contributed by atoms with Crippen molar-refractivity contribution in [2.45, 2.75) is 4.90 Å². The van der Waals surface area contributed by atoms with Crippen LogP contribution in [0.5, 0.6) is 0 Å². The number of sulfone groups is 1. The van der Waals surface area contributed by atoms with Crippen LogP contribution in [0.15, 0.2) is 83.5 Å². The summed E-state index contributed by atoms with van der Waals surface area (Å²) in [5, 5.41) is 12.2. The molecule has 0 bridgehead atoms. The minimum absolute atomic E-state index is 0.242. The van der Waals surface area contributed by atoms with E-state index in [2.05, 4.69) is 30.7 Å². The van der Waals surface area contributed by atoms with Gasteiger partial charge in [0.1, 0.15) is 22.3 Å². The Morgan fingerprint density at radius 2 is 1.86 bits per heavy atom.